The number of benzene rings is 1. The molecule has 0 bridgehead atoms. The molecule has 2 atom stereocenters. The lowest BCUT2D eigenvalue weighted by Gasteiger charge is -2.21. The van der Waals surface area contributed by atoms with Crippen molar-refractivity contribution in [2.45, 2.75) is 44.4 Å². The molecule has 0 radical (unpaired) electrons. The van der Waals surface area contributed by atoms with Gasteiger partial charge in [0.2, 0.25) is 5.91 Å². The van der Waals surface area contributed by atoms with Crippen LogP contribution in [0.5, 0.6) is 0 Å². The number of carbonyl (C=O) groups excluding carboxylic acids is 3. The monoisotopic (exact) mass is 412 g/mol. The van der Waals surface area contributed by atoms with Crippen molar-refractivity contribution in [3.05, 3.63) is 35.9 Å². The first-order chi connectivity index (χ1) is 13.5. The van der Waals surface area contributed by atoms with Crippen LogP contribution in [0.25, 0.3) is 0 Å². The van der Waals surface area contributed by atoms with E-state index in [2.05, 4.69) is 23.3 Å². The van der Waals surface area contributed by atoms with Crippen LogP contribution >= 0.6 is 12.6 Å². The summed E-state index contributed by atoms with van der Waals surface area (Å²) in [6, 6.07) is 7.40. The highest BCUT2D eigenvalue weighted by Gasteiger charge is 2.27. The number of ether oxygens (including phenoxy) is 2. The summed E-state index contributed by atoms with van der Waals surface area (Å²) in [5.74, 6) is -0.752. The summed E-state index contributed by atoms with van der Waals surface area (Å²) in [5.41, 5.74) is 0.822. The van der Waals surface area contributed by atoms with Gasteiger partial charge in [0.15, 0.2) is 0 Å². The van der Waals surface area contributed by atoms with Gasteiger partial charge in [0, 0.05) is 6.61 Å². The summed E-state index contributed by atoms with van der Waals surface area (Å²) in [7, 11) is 1.23. The number of nitrogens with one attached hydrogen (secondary N) is 2. The Balaban J connectivity index is 2.61. The number of aliphatic hydroxyl groups is 1. The van der Waals surface area contributed by atoms with Crippen LogP contribution in [0, 0.1) is 0 Å². The molecule has 0 unspecified atom stereocenters. The van der Waals surface area contributed by atoms with Gasteiger partial charge in [0.25, 0.3) is 0 Å². The summed E-state index contributed by atoms with van der Waals surface area (Å²) >= 11 is 4.11. The number of hydrogen-bond acceptors (Lipinski definition) is 7. The molecule has 8 nitrogen and oxygen atoms in total. The highest BCUT2D eigenvalue weighted by atomic mass is 32.1. The number of hydrogen-bond donors (Lipinski definition) is 4. The first-order valence-electron chi connectivity index (χ1n) is 9.09. The van der Waals surface area contributed by atoms with Crippen molar-refractivity contribution in [2.24, 2.45) is 0 Å². The fourth-order valence-electron chi connectivity index (χ4n) is 2.43. The maximum absolute atomic E-state index is 12.5. The molecule has 0 fully saturated rings. The maximum Gasteiger partial charge on any atom is 0.408 e. The maximum atomic E-state index is 12.5. The molecule has 9 heteroatoms. The van der Waals surface area contributed by atoms with E-state index >= 15 is 0 Å². The van der Waals surface area contributed by atoms with Crippen molar-refractivity contribution in [3.8, 4) is 0 Å². The van der Waals surface area contributed by atoms with E-state index in [-0.39, 0.29) is 19.6 Å². The van der Waals surface area contributed by atoms with Crippen molar-refractivity contribution in [1.82, 2.24) is 10.6 Å². The second kappa shape index (κ2) is 13.8. The van der Waals surface area contributed by atoms with Gasteiger partial charge in [-0.3, -0.25) is 4.79 Å². The Morgan fingerprint density at radius 1 is 1.07 bits per heavy atom. The van der Waals surface area contributed by atoms with Gasteiger partial charge in [-0.25, -0.2) is 9.59 Å². The van der Waals surface area contributed by atoms with Gasteiger partial charge in [0.05, 0.1) is 7.11 Å². The van der Waals surface area contributed by atoms with Crippen molar-refractivity contribution in [3.63, 3.8) is 0 Å². The summed E-state index contributed by atoms with van der Waals surface area (Å²) in [4.78, 5) is 36.4. The van der Waals surface area contributed by atoms with Crippen LogP contribution in [0.3, 0.4) is 0 Å². The number of alkyl carbamates (subject to hydrolysis) is 1. The van der Waals surface area contributed by atoms with Crippen molar-refractivity contribution < 1.29 is 29.0 Å². The van der Waals surface area contributed by atoms with Crippen LogP contribution in [0.1, 0.15) is 31.2 Å². The number of rotatable bonds is 12. The molecule has 0 aromatic heterocycles. The average Bonchev–Trinajstić information content (AvgIpc) is 2.71. The van der Waals surface area contributed by atoms with Gasteiger partial charge in [-0.1, -0.05) is 30.3 Å². The minimum atomic E-state index is -0.897. The predicted octanol–water partition coefficient (Wildman–Crippen LogP) is 1.42. The fourth-order valence-corrected chi connectivity index (χ4v) is 2.69. The van der Waals surface area contributed by atoms with Crippen LogP contribution in [0.15, 0.2) is 30.3 Å². The SMILES string of the molecule is COC(=O)[C@H](CCCCO)NC(=O)[C@H](CCS)NC(=O)OCc1ccccc1. The third-order valence-corrected chi connectivity index (χ3v) is 4.20. The Hall–Kier alpha value is -2.26. The highest BCUT2D eigenvalue weighted by Crippen LogP contribution is 2.06. The molecule has 0 saturated heterocycles. The first-order valence-corrected chi connectivity index (χ1v) is 9.72. The Bertz CT molecular complexity index is 614. The largest absolute Gasteiger partial charge is 0.467 e. The molecule has 1 aromatic carbocycles. The highest BCUT2D eigenvalue weighted by molar-refractivity contribution is 7.80. The number of methoxy groups -OCH3 is 1. The van der Waals surface area contributed by atoms with Gasteiger partial charge in [-0.15, -0.1) is 0 Å². The molecule has 28 heavy (non-hydrogen) atoms. The topological polar surface area (TPSA) is 114 Å². The Morgan fingerprint density at radius 2 is 1.79 bits per heavy atom. The van der Waals surface area contributed by atoms with E-state index < -0.39 is 30.1 Å². The van der Waals surface area contributed by atoms with Crippen molar-refractivity contribution in [1.29, 1.82) is 0 Å². The van der Waals surface area contributed by atoms with Crippen LogP contribution in [0.2, 0.25) is 0 Å². The normalized spacial score (nSPS) is 12.5. The van der Waals surface area contributed by atoms with Crippen molar-refractivity contribution >= 4 is 30.6 Å². The lowest BCUT2D eigenvalue weighted by molar-refractivity contribution is -0.145. The lowest BCUT2D eigenvalue weighted by Crippen LogP contribution is -2.52. The Morgan fingerprint density at radius 3 is 2.39 bits per heavy atom. The number of thiol groups is 1. The van der Waals surface area contributed by atoms with Gasteiger partial charge >= 0.3 is 12.1 Å². The quantitative estimate of drug-likeness (QED) is 0.235. The molecule has 0 saturated carbocycles. The molecule has 0 spiro atoms. The van der Waals surface area contributed by atoms with Crippen LogP contribution in [-0.2, 0) is 25.7 Å². The number of esters is 1. The molecule has 2 amide bonds. The van der Waals surface area contributed by atoms with Crippen molar-refractivity contribution in [2.75, 3.05) is 19.5 Å². The van der Waals surface area contributed by atoms with Gasteiger partial charge in [-0.05, 0) is 37.0 Å². The summed E-state index contributed by atoms with van der Waals surface area (Å²) in [6.07, 6.45) is 0.902. The standard InChI is InChI=1S/C19H28N2O6S/c1-26-18(24)16(9-5-6-11-22)20-17(23)15(10-12-28)21-19(25)27-13-14-7-3-2-4-8-14/h2-4,7-8,15-16,22,28H,5-6,9-13H2,1H3,(H,20,23)(H,21,25)/t15-,16-/m0/s1. The van der Waals surface area contributed by atoms with Crippen LogP contribution in [-0.4, -0.2) is 54.6 Å². The fraction of sp³-hybridized carbons (Fsp3) is 0.526. The second-order valence-corrected chi connectivity index (χ2v) is 6.52. The van der Waals surface area contributed by atoms with Gasteiger partial charge in [-0.2, -0.15) is 12.6 Å². The van der Waals surface area contributed by atoms with Gasteiger partial charge < -0.3 is 25.2 Å². The zero-order chi connectivity index (χ0) is 20.8. The van der Waals surface area contributed by atoms with E-state index in [0.29, 0.717) is 25.0 Å². The average molecular weight is 413 g/mol. The molecule has 0 aliphatic carbocycles. The molecule has 0 aliphatic rings. The van der Waals surface area contributed by atoms with Crippen LogP contribution in [0.4, 0.5) is 4.79 Å². The van der Waals surface area contributed by atoms with Crippen LogP contribution < -0.4 is 10.6 Å². The van der Waals surface area contributed by atoms with E-state index in [1.807, 2.05) is 30.3 Å². The van der Waals surface area contributed by atoms with E-state index in [1.165, 1.54) is 7.11 Å². The molecule has 3 N–H and O–H groups in total. The minimum absolute atomic E-state index is 0.00106. The summed E-state index contributed by atoms with van der Waals surface area (Å²) in [5, 5.41) is 14.0. The number of unbranched alkanes of at least 4 members (excludes halogenated alkanes) is 1. The zero-order valence-electron chi connectivity index (χ0n) is 15.9. The number of amides is 2. The Labute approximate surface area is 170 Å². The van der Waals surface area contributed by atoms with Gasteiger partial charge in [0.1, 0.15) is 18.7 Å². The number of aliphatic hydroxyl groups excluding tert-OH is 1. The summed E-state index contributed by atoms with van der Waals surface area (Å²) in [6.45, 7) is 0.0762. The molecule has 1 aromatic rings. The Kier molecular flexibility index (Phi) is 11.8. The molecule has 156 valence electrons. The number of carbonyl (C=O) groups is 3. The van der Waals surface area contributed by atoms with E-state index in [0.717, 1.165) is 5.56 Å². The smallest absolute Gasteiger partial charge is 0.408 e. The first kappa shape index (κ1) is 23.8. The molecule has 0 heterocycles. The third kappa shape index (κ3) is 9.09. The summed E-state index contributed by atoms with van der Waals surface area (Å²) < 4.78 is 9.84. The lowest BCUT2D eigenvalue weighted by atomic mass is 10.1. The molecule has 0 aliphatic heterocycles. The second-order valence-electron chi connectivity index (χ2n) is 6.07. The van der Waals surface area contributed by atoms with E-state index in [1.54, 1.807) is 0 Å². The third-order valence-electron chi connectivity index (χ3n) is 3.94. The molecular formula is C19H28N2O6S. The molecule has 1 rings (SSSR count). The minimum Gasteiger partial charge on any atom is -0.467 e. The predicted molar refractivity (Wildman–Crippen MR) is 107 cm³/mol. The zero-order valence-corrected chi connectivity index (χ0v) is 16.8. The van der Waals surface area contributed by atoms with E-state index in [9.17, 15) is 14.4 Å². The molecular weight excluding hydrogens is 384 g/mol. The van der Waals surface area contributed by atoms with E-state index in [4.69, 9.17) is 14.6 Å².